The molecule has 0 saturated carbocycles. The van der Waals surface area contributed by atoms with E-state index >= 15 is 0 Å². The normalized spacial score (nSPS) is 0. The Labute approximate surface area is 203 Å². The molecular formula is Cl4Cs2Mg. The van der Waals surface area contributed by atoms with Crippen molar-refractivity contribution in [2.45, 2.75) is 0 Å². The molecule has 0 spiro atoms. The fourth-order valence-electron chi connectivity index (χ4n) is 0. The molecule has 0 aliphatic heterocycles. The summed E-state index contributed by atoms with van der Waals surface area (Å²) in [5, 5.41) is 0. The van der Waals surface area contributed by atoms with E-state index in [0.717, 1.165) is 0 Å². The molecule has 0 fully saturated rings. The van der Waals surface area contributed by atoms with Crippen LogP contribution in [0, 0.1) is 0 Å². The van der Waals surface area contributed by atoms with E-state index in [1.165, 1.54) is 0 Å². The molecule has 7 heteroatoms. The van der Waals surface area contributed by atoms with E-state index in [1.807, 2.05) is 0 Å². The van der Waals surface area contributed by atoms with E-state index in [0.29, 0.717) is 0 Å². The largest absolute Gasteiger partial charge is 2.00 e. The maximum atomic E-state index is 0. The maximum Gasteiger partial charge on any atom is 2.00 e. The Morgan fingerprint density at radius 1 is 0.429 bits per heavy atom. The minimum Gasteiger partial charge on any atom is -1.00 e. The Bertz CT molecular complexity index is 9.65. The van der Waals surface area contributed by atoms with E-state index in [-0.39, 0.29) is 210 Å². The summed E-state index contributed by atoms with van der Waals surface area (Å²) < 4.78 is 0. The van der Waals surface area contributed by atoms with Crippen LogP contribution in [-0.4, -0.2) is 23.1 Å². The zero-order chi connectivity index (χ0) is 0. The second kappa shape index (κ2) is 40.3. The van der Waals surface area contributed by atoms with Gasteiger partial charge in [0.05, 0.1) is 0 Å². The van der Waals surface area contributed by atoms with E-state index in [1.54, 1.807) is 0 Å². The van der Waals surface area contributed by atoms with Crippen molar-refractivity contribution in [3.63, 3.8) is 0 Å². The molecule has 0 nitrogen and oxygen atoms in total. The van der Waals surface area contributed by atoms with E-state index in [2.05, 4.69) is 0 Å². The van der Waals surface area contributed by atoms with Gasteiger partial charge in [0.2, 0.25) is 0 Å². The summed E-state index contributed by atoms with van der Waals surface area (Å²) in [5.41, 5.74) is 0. The molecule has 0 unspecified atom stereocenters. The molecular weight excluding hydrogens is 432 g/mol. The predicted octanol–water partition coefficient (Wildman–Crippen LogP) is -18.4. The summed E-state index contributed by atoms with van der Waals surface area (Å²) in [6.07, 6.45) is 0. The smallest absolute Gasteiger partial charge is 1.00 e. The minimum absolute atomic E-state index is 0. The molecule has 0 aromatic carbocycles. The maximum absolute atomic E-state index is 0. The van der Waals surface area contributed by atoms with Crippen molar-refractivity contribution in [2.75, 3.05) is 0 Å². The first kappa shape index (κ1) is 51.9. The van der Waals surface area contributed by atoms with Crippen LogP contribution in [0.2, 0.25) is 0 Å². The number of hydrogen-bond acceptors (Lipinski definition) is 0. The number of halogens is 4. The van der Waals surface area contributed by atoms with Gasteiger partial charge in [-0.15, -0.1) is 0 Å². The number of rotatable bonds is 0. The molecule has 7 heavy (non-hydrogen) atoms. The van der Waals surface area contributed by atoms with Crippen LogP contribution in [0.3, 0.4) is 0 Å². The van der Waals surface area contributed by atoms with Gasteiger partial charge >= 0.3 is 161 Å². The molecule has 0 aliphatic rings. The van der Waals surface area contributed by atoms with Gasteiger partial charge in [-0.25, -0.2) is 0 Å². The van der Waals surface area contributed by atoms with Gasteiger partial charge in [-0.1, -0.05) is 0 Å². The van der Waals surface area contributed by atoms with Crippen molar-refractivity contribution in [3.05, 3.63) is 0 Å². The van der Waals surface area contributed by atoms with Crippen LogP contribution in [0.15, 0.2) is 0 Å². The zero-order valence-corrected chi connectivity index (χ0v) is 21.2. The minimum atomic E-state index is 0. The van der Waals surface area contributed by atoms with Crippen molar-refractivity contribution in [1.29, 1.82) is 0 Å². The summed E-state index contributed by atoms with van der Waals surface area (Å²) in [6.45, 7) is 0. The fourth-order valence-corrected chi connectivity index (χ4v) is 0. The third-order valence-electron chi connectivity index (χ3n) is 0. The number of hydrogen-bond donors (Lipinski definition) is 0. The van der Waals surface area contributed by atoms with Gasteiger partial charge in [-0.3, -0.25) is 0 Å². The van der Waals surface area contributed by atoms with Gasteiger partial charge in [0, 0.05) is 0 Å². The van der Waals surface area contributed by atoms with Crippen LogP contribution < -0.4 is 187 Å². The second-order valence-corrected chi connectivity index (χ2v) is 0. The van der Waals surface area contributed by atoms with Gasteiger partial charge in [-0.2, -0.15) is 0 Å². The predicted molar refractivity (Wildman–Crippen MR) is 5.75 cm³/mol. The third-order valence-corrected chi connectivity index (χ3v) is 0. The second-order valence-electron chi connectivity index (χ2n) is 0. The first-order chi connectivity index (χ1) is 0. The SMILES string of the molecule is [Cl-].[Cl-].[Cl-].[Cl-].[Cs+].[Cs+].[Mg+2]. The molecule has 0 aliphatic carbocycles. The molecule has 0 bridgehead atoms. The van der Waals surface area contributed by atoms with Crippen LogP contribution in [0.5, 0.6) is 0 Å². The van der Waals surface area contributed by atoms with Crippen molar-refractivity contribution >= 4 is 23.1 Å². The Morgan fingerprint density at radius 3 is 0.429 bits per heavy atom. The monoisotopic (exact) mass is 430 g/mol. The summed E-state index contributed by atoms with van der Waals surface area (Å²) in [7, 11) is 0. The summed E-state index contributed by atoms with van der Waals surface area (Å²) >= 11 is 0. The summed E-state index contributed by atoms with van der Waals surface area (Å²) in [6, 6.07) is 0. The van der Waals surface area contributed by atoms with Gasteiger partial charge < -0.3 is 49.6 Å². The summed E-state index contributed by atoms with van der Waals surface area (Å²) in [4.78, 5) is 0. The van der Waals surface area contributed by atoms with Crippen LogP contribution in [-0.2, 0) is 0 Å². The Hall–Kier alpha value is 6.03. The van der Waals surface area contributed by atoms with Crippen molar-refractivity contribution < 1.29 is 187 Å². The van der Waals surface area contributed by atoms with Gasteiger partial charge in [0.1, 0.15) is 0 Å². The molecule has 32 valence electrons. The summed E-state index contributed by atoms with van der Waals surface area (Å²) in [5.74, 6) is 0. The molecule has 0 aromatic heterocycles. The van der Waals surface area contributed by atoms with E-state index < -0.39 is 0 Å². The van der Waals surface area contributed by atoms with Crippen LogP contribution in [0.4, 0.5) is 0 Å². The van der Waals surface area contributed by atoms with Crippen LogP contribution in [0.25, 0.3) is 0 Å². The quantitative estimate of drug-likeness (QED) is 0.334. The Balaban J connectivity index is 0. The van der Waals surface area contributed by atoms with Gasteiger partial charge in [0.25, 0.3) is 0 Å². The first-order valence-corrected chi connectivity index (χ1v) is 0. The molecule has 0 atom stereocenters. The standard InChI is InChI=1S/4ClH.2Cs.Mg/h4*1H;;;/q;;;;2*+1;+2/p-4. The molecule has 0 saturated heterocycles. The molecule has 0 N–H and O–H groups in total. The average molecular weight is 432 g/mol. The fraction of sp³-hybridized carbons (Fsp3) is 0. The average Bonchev–Trinajstić information content (AvgIpc) is 0. The molecule has 0 rings (SSSR count). The molecule has 0 aromatic rings. The van der Waals surface area contributed by atoms with Crippen LogP contribution >= 0.6 is 0 Å². The van der Waals surface area contributed by atoms with E-state index in [4.69, 9.17) is 0 Å². The molecule has 0 amide bonds. The van der Waals surface area contributed by atoms with Crippen molar-refractivity contribution in [3.8, 4) is 0 Å². The Morgan fingerprint density at radius 2 is 0.429 bits per heavy atom. The molecule has 0 heterocycles. The first-order valence-electron chi connectivity index (χ1n) is 0. The third kappa shape index (κ3) is 33.3. The van der Waals surface area contributed by atoms with Gasteiger partial charge in [0.15, 0.2) is 0 Å². The topological polar surface area (TPSA) is 0 Å². The molecule has 0 radical (unpaired) electrons. The van der Waals surface area contributed by atoms with Crippen LogP contribution in [0.1, 0.15) is 0 Å². The Kier molecular flexibility index (Phi) is 298. The zero-order valence-electron chi connectivity index (χ0n) is 4.22. The van der Waals surface area contributed by atoms with Crippen molar-refractivity contribution in [2.24, 2.45) is 0 Å². The van der Waals surface area contributed by atoms with Crippen molar-refractivity contribution in [1.82, 2.24) is 0 Å². The van der Waals surface area contributed by atoms with E-state index in [9.17, 15) is 0 Å². The van der Waals surface area contributed by atoms with Gasteiger partial charge in [-0.05, 0) is 0 Å².